The summed E-state index contributed by atoms with van der Waals surface area (Å²) in [5, 5.41) is 9.79. The van der Waals surface area contributed by atoms with Crippen LogP contribution in [0.5, 0.6) is 5.88 Å². The number of carbonyl (C=O) groups is 2. The third-order valence-electron chi connectivity index (χ3n) is 5.93. The van der Waals surface area contributed by atoms with Crippen molar-refractivity contribution in [1.82, 2.24) is 14.8 Å². The number of ether oxygens (including phenoxy) is 1. The third kappa shape index (κ3) is 6.17. The van der Waals surface area contributed by atoms with E-state index in [1.54, 1.807) is 37.2 Å². The van der Waals surface area contributed by atoms with Crippen LogP contribution in [0.2, 0.25) is 0 Å². The van der Waals surface area contributed by atoms with Gasteiger partial charge in [-0.25, -0.2) is 9.37 Å². The molecule has 2 aromatic rings. The van der Waals surface area contributed by atoms with E-state index in [9.17, 15) is 19.1 Å². The Hall–Kier alpha value is -3.44. The lowest BCUT2D eigenvalue weighted by atomic mass is 9.99. The Morgan fingerprint density at radius 1 is 1.34 bits per heavy atom. The molecule has 186 valence electrons. The standard InChI is InChI=1S/C27H32FN3O4/c1-17(2)10-11-20-12-22-25(29-13-20)35-24(18(3)14-31(27(22)34)19(4)16-32)15-30(5)26(33)21-8-6-7-9-23(21)28/h6-9,12-13,17-19,24,32H,14-16H2,1-5H3/t18-,19-,24-/m1/s1. The van der Waals surface area contributed by atoms with Crippen LogP contribution in [0.4, 0.5) is 4.39 Å². The molecule has 0 bridgehead atoms. The van der Waals surface area contributed by atoms with Crippen LogP contribution in [-0.4, -0.2) is 70.6 Å². The van der Waals surface area contributed by atoms with Crippen molar-refractivity contribution < 1.29 is 23.8 Å². The normalized spacial score (nSPS) is 18.5. The summed E-state index contributed by atoms with van der Waals surface area (Å²) in [6, 6.07) is 7.05. The minimum atomic E-state index is -0.591. The van der Waals surface area contributed by atoms with E-state index < -0.39 is 23.9 Å². The summed E-state index contributed by atoms with van der Waals surface area (Å²) in [6.45, 7) is 7.87. The Morgan fingerprint density at radius 2 is 2.06 bits per heavy atom. The van der Waals surface area contributed by atoms with Crippen LogP contribution in [0.3, 0.4) is 0 Å². The summed E-state index contributed by atoms with van der Waals surface area (Å²) >= 11 is 0. The fraction of sp³-hybridized carbons (Fsp3) is 0.444. The number of pyridine rings is 1. The topological polar surface area (TPSA) is 83.0 Å². The third-order valence-corrected chi connectivity index (χ3v) is 5.93. The zero-order chi connectivity index (χ0) is 25.7. The molecule has 0 spiro atoms. The number of hydrogen-bond acceptors (Lipinski definition) is 5. The predicted molar refractivity (Wildman–Crippen MR) is 130 cm³/mol. The molecule has 0 aliphatic carbocycles. The molecule has 2 heterocycles. The summed E-state index contributed by atoms with van der Waals surface area (Å²) in [6.07, 6.45) is 1.02. The zero-order valence-corrected chi connectivity index (χ0v) is 20.8. The van der Waals surface area contributed by atoms with E-state index in [4.69, 9.17) is 4.74 Å². The maximum atomic E-state index is 14.2. The first-order valence-corrected chi connectivity index (χ1v) is 11.7. The van der Waals surface area contributed by atoms with E-state index in [2.05, 4.69) is 16.8 Å². The van der Waals surface area contributed by atoms with Crippen molar-refractivity contribution in [1.29, 1.82) is 0 Å². The Bertz CT molecular complexity index is 1140. The maximum absolute atomic E-state index is 14.2. The van der Waals surface area contributed by atoms with E-state index >= 15 is 0 Å². The maximum Gasteiger partial charge on any atom is 0.259 e. The van der Waals surface area contributed by atoms with Crippen molar-refractivity contribution in [2.45, 2.75) is 39.8 Å². The van der Waals surface area contributed by atoms with Crippen molar-refractivity contribution in [2.24, 2.45) is 11.8 Å². The smallest absolute Gasteiger partial charge is 0.259 e. The van der Waals surface area contributed by atoms with Crippen LogP contribution in [0.25, 0.3) is 0 Å². The number of likely N-dealkylation sites (N-methyl/N-ethyl adjacent to an activating group) is 1. The number of halogens is 1. The Labute approximate surface area is 205 Å². The van der Waals surface area contributed by atoms with E-state index in [-0.39, 0.29) is 47.9 Å². The molecule has 8 heteroatoms. The lowest BCUT2D eigenvalue weighted by Gasteiger charge is -2.37. The lowest BCUT2D eigenvalue weighted by Crippen LogP contribution is -2.50. The monoisotopic (exact) mass is 481 g/mol. The molecule has 1 aliphatic heterocycles. The number of aromatic nitrogens is 1. The first kappa shape index (κ1) is 26.2. The van der Waals surface area contributed by atoms with Gasteiger partial charge in [0.2, 0.25) is 5.88 Å². The molecule has 1 aromatic carbocycles. The number of fused-ring (bicyclic) bond motifs is 1. The van der Waals surface area contributed by atoms with Gasteiger partial charge in [0.25, 0.3) is 11.8 Å². The van der Waals surface area contributed by atoms with Crippen molar-refractivity contribution in [3.05, 3.63) is 59.0 Å². The number of carbonyl (C=O) groups excluding carboxylic acids is 2. The predicted octanol–water partition coefficient (Wildman–Crippen LogP) is 3.22. The van der Waals surface area contributed by atoms with Crippen molar-refractivity contribution >= 4 is 11.8 Å². The van der Waals surface area contributed by atoms with Crippen LogP contribution in [0.1, 0.15) is 54.0 Å². The van der Waals surface area contributed by atoms with Crippen LogP contribution < -0.4 is 4.74 Å². The minimum absolute atomic E-state index is 0.0221. The highest BCUT2D eigenvalue weighted by Crippen LogP contribution is 2.27. The summed E-state index contributed by atoms with van der Waals surface area (Å²) < 4.78 is 20.4. The molecule has 3 atom stereocenters. The molecule has 0 radical (unpaired) electrons. The summed E-state index contributed by atoms with van der Waals surface area (Å²) in [7, 11) is 1.59. The van der Waals surface area contributed by atoms with Gasteiger partial charge in [-0.3, -0.25) is 9.59 Å². The molecular formula is C27H32FN3O4. The molecular weight excluding hydrogens is 449 g/mol. The van der Waals surface area contributed by atoms with Gasteiger partial charge < -0.3 is 19.6 Å². The van der Waals surface area contributed by atoms with Gasteiger partial charge in [-0.05, 0) is 25.1 Å². The van der Waals surface area contributed by atoms with Crippen molar-refractivity contribution in [3.8, 4) is 17.7 Å². The van der Waals surface area contributed by atoms with Crippen molar-refractivity contribution in [3.63, 3.8) is 0 Å². The molecule has 1 aliphatic rings. The molecule has 0 fully saturated rings. The molecule has 3 rings (SSSR count). The molecule has 1 N–H and O–H groups in total. The fourth-order valence-corrected chi connectivity index (χ4v) is 3.81. The molecule has 0 saturated heterocycles. The van der Waals surface area contributed by atoms with Crippen LogP contribution in [0.15, 0.2) is 36.5 Å². The number of hydrogen-bond donors (Lipinski definition) is 1. The van der Waals surface area contributed by atoms with Crippen LogP contribution in [-0.2, 0) is 0 Å². The van der Waals surface area contributed by atoms with Gasteiger partial charge in [-0.1, -0.05) is 44.7 Å². The van der Waals surface area contributed by atoms with Gasteiger partial charge in [0, 0.05) is 37.2 Å². The number of aliphatic hydroxyl groups is 1. The Morgan fingerprint density at radius 3 is 2.71 bits per heavy atom. The van der Waals surface area contributed by atoms with E-state index in [1.807, 2.05) is 20.8 Å². The van der Waals surface area contributed by atoms with E-state index in [1.165, 1.54) is 23.1 Å². The van der Waals surface area contributed by atoms with Crippen LogP contribution >= 0.6 is 0 Å². The number of amides is 2. The van der Waals surface area contributed by atoms with Gasteiger partial charge in [-0.2, -0.15) is 0 Å². The Kier molecular flexibility index (Phi) is 8.47. The van der Waals surface area contributed by atoms with Gasteiger partial charge in [0.15, 0.2) is 0 Å². The molecule has 2 amide bonds. The second-order valence-electron chi connectivity index (χ2n) is 9.29. The Balaban J connectivity index is 1.96. The van der Waals surface area contributed by atoms with Gasteiger partial charge in [0.05, 0.1) is 24.8 Å². The largest absolute Gasteiger partial charge is 0.472 e. The number of nitrogens with zero attached hydrogens (tertiary/aromatic N) is 3. The average Bonchev–Trinajstić information content (AvgIpc) is 2.84. The first-order valence-electron chi connectivity index (χ1n) is 11.7. The summed E-state index contributed by atoms with van der Waals surface area (Å²) in [5.41, 5.74) is 0.815. The van der Waals surface area contributed by atoms with E-state index in [0.29, 0.717) is 12.1 Å². The van der Waals surface area contributed by atoms with Crippen LogP contribution in [0, 0.1) is 29.5 Å². The summed E-state index contributed by atoms with van der Waals surface area (Å²) in [5.74, 6) is 4.81. The number of aliphatic hydroxyl groups excluding tert-OH is 1. The molecule has 7 nitrogen and oxygen atoms in total. The number of rotatable bonds is 5. The van der Waals surface area contributed by atoms with Gasteiger partial charge in [-0.15, -0.1) is 0 Å². The quantitative estimate of drug-likeness (QED) is 0.663. The fourth-order valence-electron chi connectivity index (χ4n) is 3.81. The van der Waals surface area contributed by atoms with E-state index in [0.717, 1.165) is 0 Å². The highest BCUT2D eigenvalue weighted by molar-refractivity contribution is 5.97. The molecule has 35 heavy (non-hydrogen) atoms. The molecule has 0 saturated carbocycles. The SMILES string of the molecule is CC(C)C#Cc1cnc2c(c1)C(=O)N([C@H](C)CO)C[C@@H](C)[C@@H](CN(C)C(=O)c1ccccc1F)O2. The number of benzene rings is 1. The van der Waals surface area contributed by atoms with Gasteiger partial charge in [0.1, 0.15) is 17.5 Å². The minimum Gasteiger partial charge on any atom is -0.472 e. The van der Waals surface area contributed by atoms with Crippen molar-refractivity contribution in [2.75, 3.05) is 26.7 Å². The second kappa shape index (κ2) is 11.3. The zero-order valence-electron chi connectivity index (χ0n) is 20.8. The lowest BCUT2D eigenvalue weighted by molar-refractivity contribution is 0.0312. The average molecular weight is 482 g/mol. The highest BCUT2D eigenvalue weighted by Gasteiger charge is 2.35. The first-order chi connectivity index (χ1) is 16.6. The highest BCUT2D eigenvalue weighted by atomic mass is 19.1. The van der Waals surface area contributed by atoms with Gasteiger partial charge >= 0.3 is 0 Å². The second-order valence-corrected chi connectivity index (χ2v) is 9.29. The molecule has 1 aromatic heterocycles. The molecule has 0 unspecified atom stereocenters. The summed E-state index contributed by atoms with van der Waals surface area (Å²) in [4.78, 5) is 33.7.